The lowest BCUT2D eigenvalue weighted by Gasteiger charge is -2.26. The number of nitrogens with two attached hydrogens (primary N) is 1. The van der Waals surface area contributed by atoms with Gasteiger partial charge in [0.1, 0.15) is 0 Å². The van der Waals surface area contributed by atoms with Crippen molar-refractivity contribution in [1.82, 2.24) is 10.2 Å². The molecular formula is C13H17Cl2N3O2. The van der Waals surface area contributed by atoms with Gasteiger partial charge in [0.05, 0.1) is 19.1 Å². The largest absolute Gasteiger partial charge is 0.346 e. The van der Waals surface area contributed by atoms with E-state index >= 15 is 0 Å². The lowest BCUT2D eigenvalue weighted by molar-refractivity contribution is -0.133. The normalized spacial score (nSPS) is 11.8. The van der Waals surface area contributed by atoms with E-state index in [0.29, 0.717) is 10.0 Å². The lowest BCUT2D eigenvalue weighted by Crippen LogP contribution is -2.41. The second kappa shape index (κ2) is 7.47. The lowest BCUT2D eigenvalue weighted by atomic mass is 10.1. The molecule has 1 unspecified atom stereocenters. The molecule has 0 saturated carbocycles. The summed E-state index contributed by atoms with van der Waals surface area (Å²) in [4.78, 5) is 24.5. The van der Waals surface area contributed by atoms with Crippen LogP contribution in [0.2, 0.25) is 10.0 Å². The highest BCUT2D eigenvalue weighted by Crippen LogP contribution is 2.28. The van der Waals surface area contributed by atoms with Crippen LogP contribution in [0.4, 0.5) is 0 Å². The van der Waals surface area contributed by atoms with Crippen molar-refractivity contribution in [2.24, 2.45) is 5.73 Å². The third kappa shape index (κ3) is 4.37. The van der Waals surface area contributed by atoms with E-state index in [1.807, 2.05) is 6.92 Å². The fourth-order valence-electron chi connectivity index (χ4n) is 1.64. The van der Waals surface area contributed by atoms with Crippen molar-refractivity contribution in [3.05, 3.63) is 33.8 Å². The molecule has 7 heteroatoms. The van der Waals surface area contributed by atoms with Gasteiger partial charge in [-0.25, -0.2) is 0 Å². The molecular weight excluding hydrogens is 301 g/mol. The Labute approximate surface area is 128 Å². The standard InChI is InChI=1S/C13H17Cl2N3O2/c1-8(10-4-3-9(14)5-11(10)15)18(2)13(20)7-17-12(19)6-16/h3-5,8H,6-7,16H2,1-2H3,(H,17,19). The monoisotopic (exact) mass is 317 g/mol. The van der Waals surface area contributed by atoms with Gasteiger partial charge in [-0.2, -0.15) is 0 Å². The molecule has 0 fully saturated rings. The van der Waals surface area contributed by atoms with Gasteiger partial charge in [0.2, 0.25) is 11.8 Å². The molecule has 0 aliphatic carbocycles. The first-order valence-corrected chi connectivity index (χ1v) is 6.79. The maximum atomic E-state index is 12.0. The Morgan fingerprint density at radius 2 is 2.05 bits per heavy atom. The molecule has 20 heavy (non-hydrogen) atoms. The van der Waals surface area contributed by atoms with Crippen molar-refractivity contribution < 1.29 is 9.59 Å². The van der Waals surface area contributed by atoms with Crippen molar-refractivity contribution in [3.63, 3.8) is 0 Å². The molecule has 0 aliphatic rings. The first-order chi connectivity index (χ1) is 9.36. The van der Waals surface area contributed by atoms with Crippen molar-refractivity contribution in [1.29, 1.82) is 0 Å². The molecule has 1 aromatic carbocycles. The Morgan fingerprint density at radius 1 is 1.40 bits per heavy atom. The number of hydrogen-bond acceptors (Lipinski definition) is 3. The summed E-state index contributed by atoms with van der Waals surface area (Å²) in [5, 5.41) is 3.47. The van der Waals surface area contributed by atoms with Crippen LogP contribution >= 0.6 is 23.2 Å². The minimum absolute atomic E-state index is 0.0952. The van der Waals surface area contributed by atoms with Crippen LogP contribution in [0.3, 0.4) is 0 Å². The summed E-state index contributed by atoms with van der Waals surface area (Å²) in [6, 6.07) is 4.89. The van der Waals surface area contributed by atoms with Crippen LogP contribution in [0.15, 0.2) is 18.2 Å². The zero-order valence-electron chi connectivity index (χ0n) is 11.3. The second-order valence-corrected chi connectivity index (χ2v) is 5.17. The number of hydrogen-bond donors (Lipinski definition) is 2. The highest BCUT2D eigenvalue weighted by molar-refractivity contribution is 6.35. The molecule has 0 aliphatic heterocycles. The van der Waals surface area contributed by atoms with Crippen molar-refractivity contribution in [2.75, 3.05) is 20.1 Å². The quantitative estimate of drug-likeness (QED) is 0.866. The molecule has 5 nitrogen and oxygen atoms in total. The Kier molecular flexibility index (Phi) is 6.26. The number of likely N-dealkylation sites (N-methyl/N-ethyl adjacent to an activating group) is 1. The molecule has 110 valence electrons. The summed E-state index contributed by atoms with van der Waals surface area (Å²) >= 11 is 12.0. The smallest absolute Gasteiger partial charge is 0.242 e. The predicted molar refractivity (Wildman–Crippen MR) is 79.7 cm³/mol. The maximum absolute atomic E-state index is 12.0. The van der Waals surface area contributed by atoms with Gasteiger partial charge in [-0.3, -0.25) is 9.59 Å². The third-order valence-corrected chi connectivity index (χ3v) is 3.57. The molecule has 0 radical (unpaired) electrons. The van der Waals surface area contributed by atoms with Gasteiger partial charge in [-0.05, 0) is 24.6 Å². The number of nitrogens with one attached hydrogen (secondary N) is 1. The molecule has 0 aromatic heterocycles. The van der Waals surface area contributed by atoms with E-state index in [1.54, 1.807) is 25.2 Å². The summed E-state index contributed by atoms with van der Waals surface area (Å²) in [7, 11) is 1.65. The number of carbonyl (C=O) groups is 2. The third-order valence-electron chi connectivity index (χ3n) is 3.01. The van der Waals surface area contributed by atoms with E-state index in [4.69, 9.17) is 28.9 Å². The van der Waals surface area contributed by atoms with Crippen LogP contribution in [0.1, 0.15) is 18.5 Å². The van der Waals surface area contributed by atoms with Gasteiger partial charge in [0.25, 0.3) is 0 Å². The van der Waals surface area contributed by atoms with Gasteiger partial charge in [0, 0.05) is 17.1 Å². The number of halogens is 2. The first-order valence-electron chi connectivity index (χ1n) is 6.04. The van der Waals surface area contributed by atoms with Crippen LogP contribution in [0, 0.1) is 0 Å². The first kappa shape index (κ1) is 16.8. The average molecular weight is 318 g/mol. The number of rotatable bonds is 5. The predicted octanol–water partition coefficient (Wildman–Crippen LogP) is 1.59. The fourth-order valence-corrected chi connectivity index (χ4v) is 2.20. The Hall–Kier alpha value is -1.30. The summed E-state index contributed by atoms with van der Waals surface area (Å²) in [5.74, 6) is -0.603. The number of benzene rings is 1. The SMILES string of the molecule is CC(c1ccc(Cl)cc1Cl)N(C)C(=O)CNC(=O)CN. The van der Waals surface area contributed by atoms with Gasteiger partial charge >= 0.3 is 0 Å². The molecule has 0 spiro atoms. The summed E-state index contributed by atoms with van der Waals surface area (Å²) < 4.78 is 0. The topological polar surface area (TPSA) is 75.4 Å². The summed E-state index contributed by atoms with van der Waals surface area (Å²) in [6.45, 7) is 1.61. The van der Waals surface area contributed by atoms with Crippen LogP contribution < -0.4 is 11.1 Å². The average Bonchev–Trinajstić information content (AvgIpc) is 2.42. The van der Waals surface area contributed by atoms with Crippen LogP contribution in [-0.2, 0) is 9.59 Å². The maximum Gasteiger partial charge on any atom is 0.242 e. The Morgan fingerprint density at radius 3 is 2.60 bits per heavy atom. The van der Waals surface area contributed by atoms with E-state index in [2.05, 4.69) is 5.32 Å². The van der Waals surface area contributed by atoms with Gasteiger partial charge in [-0.1, -0.05) is 29.3 Å². The Balaban J connectivity index is 2.72. The second-order valence-electron chi connectivity index (χ2n) is 4.33. The molecule has 0 saturated heterocycles. The van der Waals surface area contributed by atoms with Crippen molar-refractivity contribution >= 4 is 35.0 Å². The van der Waals surface area contributed by atoms with Crippen molar-refractivity contribution in [2.45, 2.75) is 13.0 Å². The van der Waals surface area contributed by atoms with E-state index in [0.717, 1.165) is 5.56 Å². The molecule has 2 amide bonds. The van der Waals surface area contributed by atoms with Crippen LogP contribution in [-0.4, -0.2) is 36.9 Å². The van der Waals surface area contributed by atoms with Crippen LogP contribution in [0.5, 0.6) is 0 Å². The van der Waals surface area contributed by atoms with E-state index in [9.17, 15) is 9.59 Å². The van der Waals surface area contributed by atoms with Gasteiger partial charge < -0.3 is 16.0 Å². The zero-order valence-corrected chi connectivity index (χ0v) is 12.8. The molecule has 1 aromatic rings. The molecule has 3 N–H and O–H groups in total. The van der Waals surface area contributed by atoms with Crippen molar-refractivity contribution in [3.8, 4) is 0 Å². The molecule has 1 atom stereocenters. The Bertz CT molecular complexity index is 508. The number of nitrogens with zero attached hydrogens (tertiary/aromatic N) is 1. The van der Waals surface area contributed by atoms with E-state index < -0.39 is 0 Å². The van der Waals surface area contributed by atoms with E-state index in [1.165, 1.54) is 4.90 Å². The minimum atomic E-state index is -0.371. The van der Waals surface area contributed by atoms with Gasteiger partial charge in [-0.15, -0.1) is 0 Å². The molecule has 1 rings (SSSR count). The number of carbonyl (C=O) groups excluding carboxylic acids is 2. The molecule has 0 bridgehead atoms. The van der Waals surface area contributed by atoms with Gasteiger partial charge in [0.15, 0.2) is 0 Å². The highest BCUT2D eigenvalue weighted by atomic mass is 35.5. The fraction of sp³-hybridized carbons (Fsp3) is 0.385. The highest BCUT2D eigenvalue weighted by Gasteiger charge is 2.19. The molecule has 0 heterocycles. The number of amides is 2. The van der Waals surface area contributed by atoms with E-state index in [-0.39, 0.29) is 30.9 Å². The zero-order chi connectivity index (χ0) is 15.3. The van der Waals surface area contributed by atoms with Crippen LogP contribution in [0.25, 0.3) is 0 Å². The summed E-state index contributed by atoms with van der Waals surface area (Å²) in [5.41, 5.74) is 5.94. The minimum Gasteiger partial charge on any atom is -0.346 e. The summed E-state index contributed by atoms with van der Waals surface area (Å²) in [6.07, 6.45) is 0.